The Balaban J connectivity index is 1.39. The molecule has 6 heteroatoms. The van der Waals surface area contributed by atoms with Gasteiger partial charge in [0.1, 0.15) is 11.6 Å². The van der Waals surface area contributed by atoms with Gasteiger partial charge in [-0.3, -0.25) is 9.59 Å². The van der Waals surface area contributed by atoms with Gasteiger partial charge in [-0.05, 0) is 65.8 Å². The Morgan fingerprint density at radius 3 is 2.93 bits per heavy atom. The Kier molecular flexibility index (Phi) is 5.42. The summed E-state index contributed by atoms with van der Waals surface area (Å²) in [7, 11) is 0. The van der Waals surface area contributed by atoms with E-state index in [4.69, 9.17) is 0 Å². The van der Waals surface area contributed by atoms with Crippen LogP contribution in [0.1, 0.15) is 36.0 Å². The summed E-state index contributed by atoms with van der Waals surface area (Å²) in [6.45, 7) is 1.30. The molecule has 0 bridgehead atoms. The first-order valence-corrected chi connectivity index (χ1v) is 9.83. The van der Waals surface area contributed by atoms with Gasteiger partial charge >= 0.3 is 0 Å². The number of amides is 2. The van der Waals surface area contributed by atoms with Crippen molar-refractivity contribution < 1.29 is 14.7 Å². The molecule has 29 heavy (non-hydrogen) atoms. The smallest absolute Gasteiger partial charge is 0.246 e. The number of phenolic OH excluding ortho intramolecular Hbond substituents is 1. The second kappa shape index (κ2) is 8.31. The third kappa shape index (κ3) is 4.54. The third-order valence-corrected chi connectivity index (χ3v) is 5.25. The molecule has 2 N–H and O–H groups in total. The lowest BCUT2D eigenvalue weighted by Gasteiger charge is -2.19. The predicted molar refractivity (Wildman–Crippen MR) is 112 cm³/mol. The fraction of sp³-hybridized carbons (Fsp3) is 0.261. The number of benzene rings is 1. The van der Waals surface area contributed by atoms with E-state index in [0.29, 0.717) is 31.7 Å². The van der Waals surface area contributed by atoms with Crippen LogP contribution in [0.25, 0.3) is 11.6 Å². The van der Waals surface area contributed by atoms with E-state index in [1.165, 1.54) is 0 Å². The lowest BCUT2D eigenvalue weighted by Crippen LogP contribution is -2.30. The Hall–Kier alpha value is -3.41. The molecule has 148 valence electrons. The SMILES string of the molecule is O=C1CCc2cc(C=CC(=O)N3CCC=C(c4cccc(O)c4)CC3)cnc2N1. The number of carbonyl (C=O) groups excluding carboxylic acids is 2. The van der Waals surface area contributed by atoms with E-state index in [-0.39, 0.29) is 17.6 Å². The summed E-state index contributed by atoms with van der Waals surface area (Å²) in [5, 5.41) is 12.5. The number of pyridine rings is 1. The first-order chi connectivity index (χ1) is 14.1. The number of nitrogens with zero attached hydrogens (tertiary/aromatic N) is 2. The number of nitrogens with one attached hydrogen (secondary N) is 1. The standard InChI is InChI=1S/C23H23N3O3/c27-20-5-1-3-18(14-20)17-4-2-11-26(12-10-17)22(29)9-6-16-13-19-7-8-21(28)25-23(19)24-15-16/h1,3-6,9,13-15,27H,2,7-8,10-12H2,(H,24,25,28). The minimum Gasteiger partial charge on any atom is -0.508 e. The molecule has 0 radical (unpaired) electrons. The third-order valence-electron chi connectivity index (χ3n) is 5.25. The van der Waals surface area contributed by atoms with Gasteiger partial charge in [0.15, 0.2) is 0 Å². The molecule has 2 aliphatic rings. The van der Waals surface area contributed by atoms with Crippen molar-refractivity contribution in [3.63, 3.8) is 0 Å². The number of hydrogen-bond acceptors (Lipinski definition) is 4. The number of fused-ring (bicyclic) bond motifs is 1. The predicted octanol–water partition coefficient (Wildman–Crippen LogP) is 3.39. The summed E-state index contributed by atoms with van der Waals surface area (Å²) in [5.41, 5.74) is 4.00. The van der Waals surface area contributed by atoms with Crippen molar-refractivity contribution in [2.45, 2.75) is 25.7 Å². The fourth-order valence-corrected chi connectivity index (χ4v) is 3.69. The maximum atomic E-state index is 12.7. The van der Waals surface area contributed by atoms with Crippen molar-refractivity contribution in [2.75, 3.05) is 18.4 Å². The minimum absolute atomic E-state index is 0.0108. The van der Waals surface area contributed by atoms with Crippen molar-refractivity contribution in [3.8, 4) is 5.75 Å². The largest absolute Gasteiger partial charge is 0.508 e. The van der Waals surface area contributed by atoms with Gasteiger partial charge in [-0.25, -0.2) is 4.98 Å². The summed E-state index contributed by atoms with van der Waals surface area (Å²) in [6, 6.07) is 9.20. The number of carbonyl (C=O) groups is 2. The molecular weight excluding hydrogens is 366 g/mol. The molecule has 0 saturated heterocycles. The second-order valence-electron chi connectivity index (χ2n) is 7.30. The normalized spacial score (nSPS) is 16.8. The summed E-state index contributed by atoms with van der Waals surface area (Å²) < 4.78 is 0. The van der Waals surface area contributed by atoms with Gasteiger partial charge in [0, 0.05) is 31.8 Å². The van der Waals surface area contributed by atoms with Gasteiger partial charge in [-0.1, -0.05) is 18.2 Å². The van der Waals surface area contributed by atoms with Crippen molar-refractivity contribution >= 4 is 29.3 Å². The zero-order chi connectivity index (χ0) is 20.2. The van der Waals surface area contributed by atoms with Gasteiger partial charge < -0.3 is 15.3 Å². The van der Waals surface area contributed by atoms with E-state index in [2.05, 4.69) is 16.4 Å². The average molecular weight is 389 g/mol. The Bertz CT molecular complexity index is 1010. The Morgan fingerprint density at radius 2 is 2.07 bits per heavy atom. The summed E-state index contributed by atoms with van der Waals surface area (Å²) >= 11 is 0. The zero-order valence-electron chi connectivity index (χ0n) is 16.1. The fourth-order valence-electron chi connectivity index (χ4n) is 3.69. The van der Waals surface area contributed by atoms with Crippen LogP contribution < -0.4 is 5.32 Å². The molecule has 1 aromatic heterocycles. The van der Waals surface area contributed by atoms with E-state index in [0.717, 1.165) is 35.1 Å². The zero-order valence-corrected chi connectivity index (χ0v) is 16.1. The van der Waals surface area contributed by atoms with Crippen molar-refractivity contribution in [3.05, 3.63) is 65.4 Å². The first-order valence-electron chi connectivity index (χ1n) is 9.83. The number of rotatable bonds is 3. The van der Waals surface area contributed by atoms with Crippen LogP contribution in [0.4, 0.5) is 5.82 Å². The molecular formula is C23H23N3O3. The van der Waals surface area contributed by atoms with Gasteiger partial charge in [0.25, 0.3) is 0 Å². The van der Waals surface area contributed by atoms with Crippen molar-refractivity contribution in [1.29, 1.82) is 0 Å². The number of hydrogen-bond donors (Lipinski definition) is 2. The van der Waals surface area contributed by atoms with E-state index in [9.17, 15) is 14.7 Å². The molecule has 2 amide bonds. The molecule has 2 aliphatic heterocycles. The molecule has 0 unspecified atom stereocenters. The highest BCUT2D eigenvalue weighted by molar-refractivity contribution is 5.94. The number of aromatic hydroxyl groups is 1. The molecule has 0 atom stereocenters. The first kappa shape index (κ1) is 18.9. The van der Waals surface area contributed by atoms with Crippen LogP contribution in [0.15, 0.2) is 48.7 Å². The maximum absolute atomic E-state index is 12.7. The van der Waals surface area contributed by atoms with Crippen LogP contribution in [-0.2, 0) is 16.0 Å². The Morgan fingerprint density at radius 1 is 1.17 bits per heavy atom. The lowest BCUT2D eigenvalue weighted by molar-refractivity contribution is -0.125. The number of phenols is 1. The number of aromatic nitrogens is 1. The topological polar surface area (TPSA) is 82.5 Å². The van der Waals surface area contributed by atoms with Gasteiger partial charge in [0.05, 0.1) is 0 Å². The highest BCUT2D eigenvalue weighted by Crippen LogP contribution is 2.25. The second-order valence-corrected chi connectivity index (χ2v) is 7.30. The highest BCUT2D eigenvalue weighted by atomic mass is 16.3. The monoisotopic (exact) mass is 389 g/mol. The molecule has 6 nitrogen and oxygen atoms in total. The minimum atomic E-state index is -0.0263. The quantitative estimate of drug-likeness (QED) is 0.789. The molecule has 2 aromatic rings. The molecule has 0 spiro atoms. The maximum Gasteiger partial charge on any atom is 0.246 e. The van der Waals surface area contributed by atoms with Crippen LogP contribution in [0.2, 0.25) is 0 Å². The highest BCUT2D eigenvalue weighted by Gasteiger charge is 2.17. The summed E-state index contributed by atoms with van der Waals surface area (Å²) in [5.74, 6) is 0.828. The number of anilines is 1. The van der Waals surface area contributed by atoms with Gasteiger partial charge in [0.2, 0.25) is 11.8 Å². The van der Waals surface area contributed by atoms with E-state index in [1.807, 2.05) is 23.1 Å². The molecule has 1 aromatic carbocycles. The van der Waals surface area contributed by atoms with Gasteiger partial charge in [-0.2, -0.15) is 0 Å². The summed E-state index contributed by atoms with van der Waals surface area (Å²) in [6.07, 6.45) is 9.84. The number of aryl methyl sites for hydroxylation is 1. The van der Waals surface area contributed by atoms with E-state index < -0.39 is 0 Å². The van der Waals surface area contributed by atoms with Crippen LogP contribution in [-0.4, -0.2) is 39.9 Å². The Labute approximate surface area is 169 Å². The molecule has 3 heterocycles. The van der Waals surface area contributed by atoms with Crippen LogP contribution in [0.5, 0.6) is 5.75 Å². The average Bonchev–Trinajstić information content (AvgIpc) is 2.98. The van der Waals surface area contributed by atoms with Crippen LogP contribution >= 0.6 is 0 Å². The molecule has 0 saturated carbocycles. The van der Waals surface area contributed by atoms with E-state index in [1.54, 1.807) is 30.5 Å². The molecule has 4 rings (SSSR count). The van der Waals surface area contributed by atoms with Crippen molar-refractivity contribution in [1.82, 2.24) is 9.88 Å². The summed E-state index contributed by atoms with van der Waals surface area (Å²) in [4.78, 5) is 30.2. The van der Waals surface area contributed by atoms with Crippen LogP contribution in [0, 0.1) is 0 Å². The van der Waals surface area contributed by atoms with Gasteiger partial charge in [-0.15, -0.1) is 0 Å². The van der Waals surface area contributed by atoms with E-state index >= 15 is 0 Å². The van der Waals surface area contributed by atoms with Crippen LogP contribution in [0.3, 0.4) is 0 Å². The molecule has 0 fully saturated rings. The lowest BCUT2D eigenvalue weighted by atomic mass is 10.0. The molecule has 0 aliphatic carbocycles. The van der Waals surface area contributed by atoms with Crippen molar-refractivity contribution in [2.24, 2.45) is 0 Å².